The zero-order valence-corrected chi connectivity index (χ0v) is 8.43. The highest BCUT2D eigenvalue weighted by Gasteiger charge is 2.16. The van der Waals surface area contributed by atoms with E-state index in [1.54, 1.807) is 6.92 Å². The summed E-state index contributed by atoms with van der Waals surface area (Å²) in [5.74, 6) is -1.50. The first-order chi connectivity index (χ1) is 7.06. The maximum absolute atomic E-state index is 11.1. The Labute approximate surface area is 85.6 Å². The third-order valence-corrected chi connectivity index (χ3v) is 1.90. The predicted molar refractivity (Wildman–Crippen MR) is 48.4 cm³/mol. The lowest BCUT2D eigenvalue weighted by atomic mass is 10.3. The van der Waals surface area contributed by atoms with Crippen molar-refractivity contribution in [2.45, 2.75) is 19.9 Å². The van der Waals surface area contributed by atoms with Crippen LogP contribution in [0.5, 0.6) is 0 Å². The zero-order valence-electron chi connectivity index (χ0n) is 8.43. The van der Waals surface area contributed by atoms with Gasteiger partial charge in [0.1, 0.15) is 0 Å². The third kappa shape index (κ3) is 2.52. The molecule has 0 radical (unpaired) electrons. The summed E-state index contributed by atoms with van der Waals surface area (Å²) >= 11 is 0. The Morgan fingerprint density at radius 3 is 2.73 bits per heavy atom. The van der Waals surface area contributed by atoms with E-state index in [4.69, 9.17) is 5.11 Å². The lowest BCUT2D eigenvalue weighted by Crippen LogP contribution is -2.09. The highest BCUT2D eigenvalue weighted by Crippen LogP contribution is 2.05. The van der Waals surface area contributed by atoms with Crippen molar-refractivity contribution in [1.29, 1.82) is 0 Å². The number of aromatic nitrogens is 3. The molecular formula is C8H11N3O4. The molecule has 0 fully saturated rings. The summed E-state index contributed by atoms with van der Waals surface area (Å²) in [7, 11) is 1.25. The van der Waals surface area contributed by atoms with Gasteiger partial charge in [0.05, 0.1) is 25.8 Å². The highest BCUT2D eigenvalue weighted by atomic mass is 16.5. The fourth-order valence-electron chi connectivity index (χ4n) is 1.06. The van der Waals surface area contributed by atoms with Gasteiger partial charge >= 0.3 is 11.9 Å². The topological polar surface area (TPSA) is 94.3 Å². The Morgan fingerprint density at radius 1 is 1.53 bits per heavy atom. The van der Waals surface area contributed by atoms with Crippen molar-refractivity contribution in [1.82, 2.24) is 15.0 Å². The van der Waals surface area contributed by atoms with Gasteiger partial charge in [0.25, 0.3) is 0 Å². The second-order valence-corrected chi connectivity index (χ2v) is 2.88. The van der Waals surface area contributed by atoms with E-state index in [2.05, 4.69) is 15.0 Å². The van der Waals surface area contributed by atoms with Crippen molar-refractivity contribution in [3.8, 4) is 0 Å². The number of rotatable bonds is 4. The lowest BCUT2D eigenvalue weighted by molar-refractivity contribution is -0.137. The smallest absolute Gasteiger partial charge is 0.360 e. The lowest BCUT2D eigenvalue weighted by Gasteiger charge is -2.00. The van der Waals surface area contributed by atoms with E-state index in [0.29, 0.717) is 5.69 Å². The minimum Gasteiger partial charge on any atom is -0.481 e. The van der Waals surface area contributed by atoms with Gasteiger partial charge in [0.15, 0.2) is 5.69 Å². The Morgan fingerprint density at radius 2 is 2.20 bits per heavy atom. The molecule has 1 N–H and O–H groups in total. The van der Waals surface area contributed by atoms with Crippen LogP contribution in [0.25, 0.3) is 0 Å². The molecule has 15 heavy (non-hydrogen) atoms. The number of aliphatic carboxylic acids is 1. The van der Waals surface area contributed by atoms with Gasteiger partial charge in [-0.1, -0.05) is 5.21 Å². The molecule has 0 aliphatic rings. The maximum atomic E-state index is 11.1. The molecule has 82 valence electrons. The van der Waals surface area contributed by atoms with Crippen LogP contribution >= 0.6 is 0 Å². The number of esters is 1. The van der Waals surface area contributed by atoms with Crippen LogP contribution in [-0.4, -0.2) is 39.1 Å². The summed E-state index contributed by atoms with van der Waals surface area (Å²) in [6, 6.07) is 0. The number of hydrogen-bond donors (Lipinski definition) is 1. The van der Waals surface area contributed by atoms with Crippen LogP contribution in [0.1, 0.15) is 22.6 Å². The molecule has 1 aromatic heterocycles. The zero-order chi connectivity index (χ0) is 11.4. The molecule has 1 rings (SSSR count). The Hall–Kier alpha value is -1.92. The third-order valence-electron chi connectivity index (χ3n) is 1.90. The minimum absolute atomic E-state index is 0.0647. The first kappa shape index (κ1) is 11.2. The molecule has 0 atom stereocenters. The van der Waals surface area contributed by atoms with Gasteiger partial charge in [0.2, 0.25) is 0 Å². The molecule has 0 aliphatic carbocycles. The molecule has 0 amide bonds. The molecule has 0 saturated heterocycles. The predicted octanol–water partition coefficient (Wildman–Crippen LogP) is -0.152. The fourth-order valence-corrected chi connectivity index (χ4v) is 1.06. The molecule has 1 heterocycles. The van der Waals surface area contributed by atoms with Crippen molar-refractivity contribution in [2.24, 2.45) is 0 Å². The normalized spacial score (nSPS) is 10.0. The molecule has 0 unspecified atom stereocenters. The second kappa shape index (κ2) is 4.54. The van der Waals surface area contributed by atoms with Crippen LogP contribution in [0.15, 0.2) is 0 Å². The molecule has 0 aromatic carbocycles. The molecule has 7 nitrogen and oxygen atoms in total. The molecular weight excluding hydrogens is 202 g/mol. The van der Waals surface area contributed by atoms with Gasteiger partial charge in [-0.15, -0.1) is 5.10 Å². The average molecular weight is 213 g/mol. The van der Waals surface area contributed by atoms with Gasteiger partial charge in [-0.05, 0) is 6.92 Å². The minimum atomic E-state index is -0.926. The van der Waals surface area contributed by atoms with Crippen molar-refractivity contribution in [3.63, 3.8) is 0 Å². The number of carbonyl (C=O) groups excluding carboxylic acids is 1. The van der Waals surface area contributed by atoms with Crippen LogP contribution in [-0.2, 0) is 16.1 Å². The Balaban J connectivity index is 2.80. The summed E-state index contributed by atoms with van der Waals surface area (Å²) in [5.41, 5.74) is 0.617. The van der Waals surface area contributed by atoms with Crippen molar-refractivity contribution in [3.05, 3.63) is 11.4 Å². The summed E-state index contributed by atoms with van der Waals surface area (Å²) < 4.78 is 5.85. The average Bonchev–Trinajstić information content (AvgIpc) is 2.56. The SMILES string of the molecule is COC(=O)c1nnn(CCC(=O)O)c1C. The van der Waals surface area contributed by atoms with Crippen molar-refractivity contribution < 1.29 is 19.4 Å². The Bertz CT molecular complexity index is 385. The van der Waals surface area contributed by atoms with E-state index >= 15 is 0 Å². The maximum Gasteiger partial charge on any atom is 0.360 e. The van der Waals surface area contributed by atoms with Gasteiger partial charge in [-0.2, -0.15) is 0 Å². The molecule has 0 bridgehead atoms. The highest BCUT2D eigenvalue weighted by molar-refractivity contribution is 5.88. The molecule has 1 aromatic rings. The van der Waals surface area contributed by atoms with Crippen LogP contribution in [0, 0.1) is 6.92 Å². The van der Waals surface area contributed by atoms with Gasteiger partial charge in [-0.25, -0.2) is 9.48 Å². The summed E-state index contributed by atoms with van der Waals surface area (Å²) in [6.07, 6.45) is -0.0647. The number of hydrogen-bond acceptors (Lipinski definition) is 5. The van der Waals surface area contributed by atoms with Crippen LogP contribution < -0.4 is 0 Å². The van der Waals surface area contributed by atoms with Crippen molar-refractivity contribution >= 4 is 11.9 Å². The van der Waals surface area contributed by atoms with E-state index < -0.39 is 11.9 Å². The van der Waals surface area contributed by atoms with Crippen LogP contribution in [0.2, 0.25) is 0 Å². The van der Waals surface area contributed by atoms with Crippen LogP contribution in [0.3, 0.4) is 0 Å². The first-order valence-corrected chi connectivity index (χ1v) is 4.26. The van der Waals surface area contributed by atoms with E-state index in [0.717, 1.165) is 0 Å². The fraction of sp³-hybridized carbons (Fsp3) is 0.500. The van der Waals surface area contributed by atoms with Gasteiger partial charge in [0, 0.05) is 0 Å². The number of nitrogens with zero attached hydrogens (tertiary/aromatic N) is 3. The monoisotopic (exact) mass is 213 g/mol. The molecule has 7 heteroatoms. The van der Waals surface area contributed by atoms with Crippen molar-refractivity contribution in [2.75, 3.05) is 7.11 Å². The largest absolute Gasteiger partial charge is 0.481 e. The van der Waals surface area contributed by atoms with Gasteiger partial charge in [-0.3, -0.25) is 4.79 Å². The number of ether oxygens (including phenoxy) is 1. The summed E-state index contributed by atoms with van der Waals surface area (Å²) in [5, 5.41) is 15.7. The number of carboxylic acids is 1. The quantitative estimate of drug-likeness (QED) is 0.699. The van der Waals surface area contributed by atoms with E-state index in [-0.39, 0.29) is 18.7 Å². The number of carboxylic acid groups (broad SMARTS) is 1. The Kier molecular flexibility index (Phi) is 3.37. The summed E-state index contributed by atoms with van der Waals surface area (Å²) in [4.78, 5) is 21.5. The van der Waals surface area contributed by atoms with Crippen LogP contribution in [0.4, 0.5) is 0 Å². The molecule has 0 aliphatic heterocycles. The van der Waals surface area contributed by atoms with E-state index in [9.17, 15) is 9.59 Å². The molecule has 0 saturated carbocycles. The van der Waals surface area contributed by atoms with E-state index in [1.807, 2.05) is 0 Å². The first-order valence-electron chi connectivity index (χ1n) is 4.26. The van der Waals surface area contributed by atoms with Gasteiger partial charge < -0.3 is 9.84 Å². The standard InChI is InChI=1S/C8H11N3O4/c1-5-7(8(14)15-2)9-10-11(5)4-3-6(12)13/h3-4H2,1-2H3,(H,12,13). The number of carbonyl (C=O) groups is 2. The number of methoxy groups -OCH3 is 1. The summed E-state index contributed by atoms with van der Waals surface area (Å²) in [6.45, 7) is 1.82. The second-order valence-electron chi connectivity index (χ2n) is 2.88. The number of aryl methyl sites for hydroxylation is 1. The van der Waals surface area contributed by atoms with E-state index in [1.165, 1.54) is 11.8 Å². The molecule has 0 spiro atoms.